The third-order valence-corrected chi connectivity index (χ3v) is 0.349. The average molecular weight is 333 g/mol. The molecule has 0 aliphatic carbocycles. The first-order chi connectivity index (χ1) is 5.29. The van der Waals surface area contributed by atoms with E-state index in [0.717, 1.165) is 0 Å². The molecule has 0 radical (unpaired) electrons. The topological polar surface area (TPSA) is 186 Å². The fourth-order valence-corrected chi connectivity index (χ4v) is 0. The number of carbonyl (C=O) groups excluding carboxylic acids is 2. The van der Waals surface area contributed by atoms with Crippen LogP contribution in [0, 0.1) is 0 Å². The number of hydrogen-bond acceptors (Lipinski definition) is 6. The molecule has 76 valence electrons. The molecule has 14 heavy (non-hydrogen) atoms. The molecule has 0 spiro atoms. The van der Waals surface area contributed by atoms with E-state index in [2.05, 4.69) is 0 Å². The predicted octanol–water partition coefficient (Wildman–Crippen LogP) is -5.56. The summed E-state index contributed by atoms with van der Waals surface area (Å²) < 4.78 is 0. The normalized spacial score (nSPS) is 6.29. The molecule has 0 aromatic carbocycles. The number of aliphatic carboxylic acids is 4. The van der Waals surface area contributed by atoms with Crippen LogP contribution in [0.2, 0.25) is 0 Å². The Kier molecular flexibility index (Phi) is 20.7. The van der Waals surface area contributed by atoms with E-state index in [0.29, 0.717) is 0 Å². The summed E-state index contributed by atoms with van der Waals surface area (Å²) in [7, 11) is 0. The molecule has 0 atom stereocenters. The van der Waals surface area contributed by atoms with E-state index in [1.165, 1.54) is 0 Å². The van der Waals surface area contributed by atoms with Crippen molar-refractivity contribution in [3.05, 3.63) is 0 Å². The zero-order valence-corrected chi connectivity index (χ0v) is 11.0. The number of carboxylic acid groups (broad SMARTS) is 4. The first-order valence-electron chi connectivity index (χ1n) is 2.17. The zero-order chi connectivity index (χ0) is 10.3. The molecule has 0 fully saturated rings. The van der Waals surface area contributed by atoms with Crippen LogP contribution in [-0.4, -0.2) is 88.4 Å². The van der Waals surface area contributed by atoms with E-state index in [9.17, 15) is 0 Å². The van der Waals surface area contributed by atoms with Crippen LogP contribution in [0.1, 0.15) is 0 Å². The van der Waals surface area contributed by atoms with Crippen LogP contribution in [0.15, 0.2) is 0 Å². The van der Waals surface area contributed by atoms with Crippen molar-refractivity contribution in [3.63, 3.8) is 0 Å². The van der Waals surface area contributed by atoms with Gasteiger partial charge >= 0.3 is 60.8 Å². The summed E-state index contributed by atoms with van der Waals surface area (Å²) in [6, 6.07) is 0. The first kappa shape index (κ1) is 23.3. The van der Waals surface area contributed by atoms with Crippen LogP contribution in [0.25, 0.3) is 0 Å². The molecular weight excluding hydrogens is 329 g/mol. The Morgan fingerprint density at radius 2 is 0.857 bits per heavy atom. The molecule has 0 rings (SSSR count). The van der Waals surface area contributed by atoms with Gasteiger partial charge in [-0.15, -0.1) is 0 Å². The Balaban J connectivity index is -0.0000000625. The van der Waals surface area contributed by atoms with Crippen molar-refractivity contribution in [2.75, 3.05) is 0 Å². The summed E-state index contributed by atoms with van der Waals surface area (Å²) in [5.41, 5.74) is 0. The van der Waals surface area contributed by atoms with Gasteiger partial charge in [-0.3, -0.25) is 0 Å². The maximum Gasteiger partial charge on any atom is 2.00 e. The molecule has 9 nitrogen and oxygen atoms in total. The largest absolute Gasteiger partial charge is 2.00 e. The van der Waals surface area contributed by atoms with Gasteiger partial charge in [0.1, 0.15) is 0 Å². The third kappa shape index (κ3) is 22.5. The van der Waals surface area contributed by atoms with E-state index in [4.69, 9.17) is 39.6 Å². The fourth-order valence-electron chi connectivity index (χ4n) is 0. The maximum atomic E-state index is 9.04. The minimum absolute atomic E-state index is 0. The molecule has 0 unspecified atom stereocenters. The molecular formula is C4H4BaO9. The van der Waals surface area contributed by atoms with E-state index in [-0.39, 0.29) is 54.4 Å². The summed E-state index contributed by atoms with van der Waals surface area (Å²) in [4.78, 5) is 36.1. The molecule has 0 aliphatic heterocycles. The van der Waals surface area contributed by atoms with Gasteiger partial charge in [-0.2, -0.15) is 0 Å². The number of hydrogen-bond donors (Lipinski definition) is 2. The minimum atomic E-state index is -2.07. The van der Waals surface area contributed by atoms with E-state index in [1.54, 1.807) is 0 Å². The van der Waals surface area contributed by atoms with Gasteiger partial charge in [-0.05, 0) is 0 Å². The van der Waals surface area contributed by atoms with E-state index >= 15 is 0 Å². The standard InChI is InChI=1S/2C2H2O4.Ba.H2O/c2*3-1(4)2(5)6;;/h2*(H,3,4)(H,5,6);;1H2/q;;+2;/p-2. The molecule has 0 aromatic heterocycles. The van der Waals surface area contributed by atoms with Crippen LogP contribution in [0.5, 0.6) is 0 Å². The van der Waals surface area contributed by atoms with Gasteiger partial charge in [0.05, 0.1) is 0 Å². The smallest absolute Gasteiger partial charge is 0.539 e. The molecule has 0 aliphatic rings. The predicted molar refractivity (Wildman–Crippen MR) is 34.7 cm³/mol. The van der Waals surface area contributed by atoms with E-state index in [1.807, 2.05) is 0 Å². The maximum absolute atomic E-state index is 9.04. The first-order valence-corrected chi connectivity index (χ1v) is 2.17. The molecule has 10 heteroatoms. The summed E-state index contributed by atoms with van der Waals surface area (Å²) in [5.74, 6) is -8.02. The second-order valence-electron chi connectivity index (χ2n) is 1.19. The van der Waals surface area contributed by atoms with Gasteiger partial charge in [0.15, 0.2) is 11.9 Å². The Bertz CT molecular complexity index is 173. The molecule has 0 heterocycles. The summed E-state index contributed by atoms with van der Waals surface area (Å²) >= 11 is 0. The zero-order valence-electron chi connectivity index (χ0n) is 6.55. The molecule has 0 saturated heterocycles. The quantitative estimate of drug-likeness (QED) is 0.324. The van der Waals surface area contributed by atoms with Crippen LogP contribution >= 0.6 is 0 Å². The van der Waals surface area contributed by atoms with Gasteiger partial charge < -0.3 is 35.5 Å². The van der Waals surface area contributed by atoms with Gasteiger partial charge in [-0.25, -0.2) is 9.59 Å². The second kappa shape index (κ2) is 12.4. The van der Waals surface area contributed by atoms with Gasteiger partial charge in [0, 0.05) is 0 Å². The monoisotopic (exact) mass is 334 g/mol. The summed E-state index contributed by atoms with van der Waals surface area (Å²) in [6.45, 7) is 0. The SMILES string of the molecule is O.O=C([O-])C(=O)O.O=C([O-])C(=O)O.[Ba+2]. The van der Waals surface area contributed by atoms with Crippen LogP contribution in [-0.2, 0) is 19.2 Å². The molecule has 0 saturated carbocycles. The minimum Gasteiger partial charge on any atom is -0.539 e. The van der Waals surface area contributed by atoms with Gasteiger partial charge in [-0.1, -0.05) is 0 Å². The van der Waals surface area contributed by atoms with E-state index < -0.39 is 23.9 Å². The Morgan fingerprint density at radius 1 is 0.786 bits per heavy atom. The molecule has 0 amide bonds. The molecule has 0 aromatic rings. The third-order valence-electron chi connectivity index (χ3n) is 0.349. The van der Waals surface area contributed by atoms with Crippen molar-refractivity contribution in [2.45, 2.75) is 0 Å². The summed E-state index contributed by atoms with van der Waals surface area (Å²) in [6.07, 6.45) is 0. The van der Waals surface area contributed by atoms with Crippen LogP contribution < -0.4 is 10.2 Å². The number of carbonyl (C=O) groups is 4. The second-order valence-corrected chi connectivity index (χ2v) is 1.19. The molecule has 4 N–H and O–H groups in total. The van der Waals surface area contributed by atoms with Gasteiger partial charge in [0.2, 0.25) is 0 Å². The van der Waals surface area contributed by atoms with Crippen molar-refractivity contribution < 1.29 is 45.1 Å². The Hall–Kier alpha value is -0.589. The Morgan fingerprint density at radius 3 is 0.857 bits per heavy atom. The van der Waals surface area contributed by atoms with Crippen LogP contribution in [0.3, 0.4) is 0 Å². The summed E-state index contributed by atoms with van der Waals surface area (Å²) in [5, 5.41) is 32.6. The van der Waals surface area contributed by atoms with Crippen molar-refractivity contribution in [2.24, 2.45) is 0 Å². The van der Waals surface area contributed by atoms with Crippen LogP contribution in [0.4, 0.5) is 0 Å². The average Bonchev–Trinajstić information content (AvgIpc) is 1.88. The molecule has 0 bridgehead atoms. The number of carboxylic acids is 4. The van der Waals surface area contributed by atoms with Gasteiger partial charge in [0.25, 0.3) is 0 Å². The fraction of sp³-hybridized carbons (Fsp3) is 0. The Labute approximate surface area is 117 Å². The van der Waals surface area contributed by atoms with Crippen molar-refractivity contribution in [3.8, 4) is 0 Å². The van der Waals surface area contributed by atoms with Crippen molar-refractivity contribution in [1.29, 1.82) is 0 Å². The van der Waals surface area contributed by atoms with Crippen molar-refractivity contribution >= 4 is 72.8 Å². The van der Waals surface area contributed by atoms with Crippen molar-refractivity contribution in [1.82, 2.24) is 0 Å². The number of rotatable bonds is 0.